The Hall–Kier alpha value is -4.98. The summed E-state index contributed by atoms with van der Waals surface area (Å²) in [5.74, 6) is -3.72. The van der Waals surface area contributed by atoms with E-state index in [9.17, 15) is 28.8 Å². The molecule has 46 heavy (non-hydrogen) atoms. The minimum Gasteiger partial charge on any atom is -0.464 e. The zero-order chi connectivity index (χ0) is 33.6. The normalized spacial score (nSPS) is 16.3. The molecule has 0 aliphatic carbocycles. The van der Waals surface area contributed by atoms with Gasteiger partial charge < -0.3 is 30.6 Å². The van der Waals surface area contributed by atoms with E-state index in [2.05, 4.69) is 16.1 Å². The van der Waals surface area contributed by atoms with Crippen molar-refractivity contribution in [1.82, 2.24) is 21.1 Å². The SMILES string of the molecule is CCOC(=O)C1OC1C(=O)N(CCC(N)=O)NC(=O)C(Cc1ccccc1)NC(=O)C(CC(C)C)NC(=O)OCc1ccccc1. The number of primary amides is 1. The minimum atomic E-state index is -1.23. The second-order valence-electron chi connectivity index (χ2n) is 11.1. The third-order valence-electron chi connectivity index (χ3n) is 6.79. The van der Waals surface area contributed by atoms with E-state index in [1.165, 1.54) is 0 Å². The van der Waals surface area contributed by atoms with Crippen LogP contribution in [0.3, 0.4) is 0 Å². The van der Waals surface area contributed by atoms with Gasteiger partial charge >= 0.3 is 12.1 Å². The van der Waals surface area contributed by atoms with Gasteiger partial charge in [0.1, 0.15) is 18.7 Å². The van der Waals surface area contributed by atoms with Crippen molar-refractivity contribution < 1.29 is 43.0 Å². The lowest BCUT2D eigenvalue weighted by Gasteiger charge is -2.27. The van der Waals surface area contributed by atoms with Gasteiger partial charge in [-0.25, -0.2) is 9.59 Å². The van der Waals surface area contributed by atoms with Crippen molar-refractivity contribution in [2.45, 2.75) is 70.9 Å². The number of carbonyl (C=O) groups is 6. The molecule has 0 spiro atoms. The summed E-state index contributed by atoms with van der Waals surface area (Å²) in [5.41, 5.74) is 9.19. The molecule has 0 bridgehead atoms. The quantitative estimate of drug-likeness (QED) is 0.118. The third-order valence-corrected chi connectivity index (χ3v) is 6.79. The number of nitrogens with two attached hydrogens (primary N) is 1. The van der Waals surface area contributed by atoms with Crippen LogP contribution in [0, 0.1) is 5.92 Å². The monoisotopic (exact) mass is 639 g/mol. The van der Waals surface area contributed by atoms with E-state index in [4.69, 9.17) is 19.9 Å². The summed E-state index contributed by atoms with van der Waals surface area (Å²) >= 11 is 0. The summed E-state index contributed by atoms with van der Waals surface area (Å²) in [7, 11) is 0. The first-order valence-electron chi connectivity index (χ1n) is 15.0. The summed E-state index contributed by atoms with van der Waals surface area (Å²) in [6, 6.07) is 15.6. The standard InChI is InChI=1S/C32H41N5O9/c1-4-44-31(42)27-26(46-27)30(41)37(16-15-25(33)38)36-29(40)24(18-21-11-7-5-8-12-21)34-28(39)23(17-20(2)3)35-32(43)45-19-22-13-9-6-10-14-22/h5-14,20,23-24,26-27H,4,15-19H2,1-3H3,(H2,33,38)(H,34,39)(H,35,43)(H,36,40). The molecule has 2 aromatic rings. The number of epoxide rings is 1. The number of hydrogen-bond donors (Lipinski definition) is 4. The zero-order valence-corrected chi connectivity index (χ0v) is 26.1. The summed E-state index contributed by atoms with van der Waals surface area (Å²) in [6.45, 7) is 5.12. The van der Waals surface area contributed by atoms with Crippen molar-refractivity contribution in [3.63, 3.8) is 0 Å². The summed E-state index contributed by atoms with van der Waals surface area (Å²) in [6.07, 6.45) is -3.22. The lowest BCUT2D eigenvalue weighted by molar-refractivity contribution is -0.146. The summed E-state index contributed by atoms with van der Waals surface area (Å²) in [5, 5.41) is 6.12. The van der Waals surface area contributed by atoms with Crippen molar-refractivity contribution >= 4 is 35.7 Å². The Bertz CT molecular complexity index is 1360. The number of ether oxygens (including phenoxy) is 3. The van der Waals surface area contributed by atoms with Gasteiger partial charge in [-0.05, 0) is 30.4 Å². The molecule has 0 saturated carbocycles. The molecule has 1 fully saturated rings. The molecule has 3 rings (SSSR count). The Morgan fingerprint density at radius 1 is 0.848 bits per heavy atom. The number of hydrazine groups is 1. The summed E-state index contributed by atoms with van der Waals surface area (Å²) < 4.78 is 15.4. The van der Waals surface area contributed by atoms with Gasteiger partial charge in [0.15, 0.2) is 12.2 Å². The van der Waals surface area contributed by atoms with Crippen LogP contribution < -0.4 is 21.8 Å². The van der Waals surface area contributed by atoms with Gasteiger partial charge in [-0.3, -0.25) is 29.6 Å². The molecular formula is C32H41N5O9. The number of alkyl carbamates (subject to hydrolysis) is 1. The molecule has 0 aromatic heterocycles. The van der Waals surface area contributed by atoms with Crippen LogP contribution in [0.4, 0.5) is 4.79 Å². The Morgan fingerprint density at radius 3 is 2.07 bits per heavy atom. The van der Waals surface area contributed by atoms with Crippen molar-refractivity contribution in [2.24, 2.45) is 11.7 Å². The Labute approximate surface area is 267 Å². The molecule has 14 heteroatoms. The molecular weight excluding hydrogens is 598 g/mol. The average Bonchev–Trinajstić information content (AvgIpc) is 3.83. The summed E-state index contributed by atoms with van der Waals surface area (Å²) in [4.78, 5) is 76.6. The molecule has 4 atom stereocenters. The van der Waals surface area contributed by atoms with Crippen LogP contribution in [0.15, 0.2) is 60.7 Å². The Balaban J connectivity index is 1.76. The second kappa shape index (κ2) is 17.5. The smallest absolute Gasteiger partial charge is 0.408 e. The number of amides is 5. The highest BCUT2D eigenvalue weighted by atomic mass is 16.6. The first-order chi connectivity index (χ1) is 22.0. The molecule has 1 saturated heterocycles. The van der Waals surface area contributed by atoms with Crippen LogP contribution in [0.5, 0.6) is 0 Å². The predicted octanol–water partition coefficient (Wildman–Crippen LogP) is 1.12. The van der Waals surface area contributed by atoms with Crippen LogP contribution in [-0.2, 0) is 51.2 Å². The van der Waals surface area contributed by atoms with Crippen molar-refractivity contribution in [3.05, 3.63) is 71.8 Å². The van der Waals surface area contributed by atoms with Gasteiger partial charge in [-0.1, -0.05) is 74.5 Å². The number of nitrogens with one attached hydrogen (secondary N) is 3. The van der Waals surface area contributed by atoms with Gasteiger partial charge in [0.2, 0.25) is 11.8 Å². The topological polar surface area (TPSA) is 199 Å². The fraction of sp³-hybridized carbons (Fsp3) is 0.438. The van der Waals surface area contributed by atoms with Crippen molar-refractivity contribution in [2.75, 3.05) is 13.2 Å². The van der Waals surface area contributed by atoms with E-state index in [-0.39, 0.29) is 44.9 Å². The highest BCUT2D eigenvalue weighted by Gasteiger charge is 2.53. The van der Waals surface area contributed by atoms with Gasteiger partial charge in [-0.2, -0.15) is 0 Å². The Kier molecular flexibility index (Phi) is 13.5. The third kappa shape index (κ3) is 11.5. The molecule has 0 radical (unpaired) electrons. The van der Waals surface area contributed by atoms with E-state index in [0.29, 0.717) is 5.56 Å². The Morgan fingerprint density at radius 2 is 1.48 bits per heavy atom. The fourth-order valence-corrected chi connectivity index (χ4v) is 4.45. The molecule has 4 unspecified atom stereocenters. The number of esters is 1. The first-order valence-corrected chi connectivity index (χ1v) is 15.0. The second-order valence-corrected chi connectivity index (χ2v) is 11.1. The number of carbonyl (C=O) groups excluding carboxylic acids is 6. The lowest BCUT2D eigenvalue weighted by atomic mass is 10.0. The van der Waals surface area contributed by atoms with Crippen LogP contribution in [0.25, 0.3) is 0 Å². The van der Waals surface area contributed by atoms with E-state index in [0.717, 1.165) is 10.6 Å². The van der Waals surface area contributed by atoms with Crippen LogP contribution in [-0.4, -0.2) is 78.1 Å². The first kappa shape index (κ1) is 35.5. The van der Waals surface area contributed by atoms with E-state index < -0.39 is 60.0 Å². The van der Waals surface area contributed by atoms with Crippen LogP contribution in [0.1, 0.15) is 44.7 Å². The number of hydrogen-bond acceptors (Lipinski definition) is 9. The maximum atomic E-state index is 13.6. The maximum Gasteiger partial charge on any atom is 0.408 e. The molecule has 1 aliphatic heterocycles. The number of nitrogens with zero attached hydrogens (tertiary/aromatic N) is 1. The average molecular weight is 640 g/mol. The molecule has 2 aromatic carbocycles. The molecule has 1 heterocycles. The van der Waals surface area contributed by atoms with Gasteiger partial charge in [0.05, 0.1) is 13.2 Å². The van der Waals surface area contributed by atoms with Gasteiger partial charge in [0, 0.05) is 12.8 Å². The highest BCUT2D eigenvalue weighted by molar-refractivity contribution is 5.95. The minimum absolute atomic E-state index is 0.00136. The maximum absolute atomic E-state index is 13.6. The van der Waals surface area contributed by atoms with Crippen LogP contribution in [0.2, 0.25) is 0 Å². The lowest BCUT2D eigenvalue weighted by Crippen LogP contribution is -2.58. The molecule has 5 N–H and O–H groups in total. The number of benzene rings is 2. The predicted molar refractivity (Wildman–Crippen MR) is 164 cm³/mol. The molecule has 14 nitrogen and oxygen atoms in total. The van der Waals surface area contributed by atoms with E-state index in [1.807, 2.05) is 32.0 Å². The molecule has 1 aliphatic rings. The highest BCUT2D eigenvalue weighted by Crippen LogP contribution is 2.25. The van der Waals surface area contributed by atoms with Crippen molar-refractivity contribution in [3.8, 4) is 0 Å². The largest absolute Gasteiger partial charge is 0.464 e. The van der Waals surface area contributed by atoms with Gasteiger partial charge in [0.25, 0.3) is 11.8 Å². The fourth-order valence-electron chi connectivity index (χ4n) is 4.45. The molecule has 5 amide bonds. The number of rotatable bonds is 16. The zero-order valence-electron chi connectivity index (χ0n) is 26.1. The van der Waals surface area contributed by atoms with Crippen LogP contribution >= 0.6 is 0 Å². The van der Waals surface area contributed by atoms with Gasteiger partial charge in [-0.15, -0.1) is 0 Å². The molecule has 248 valence electrons. The van der Waals surface area contributed by atoms with E-state index in [1.54, 1.807) is 49.4 Å². The van der Waals surface area contributed by atoms with E-state index >= 15 is 0 Å². The van der Waals surface area contributed by atoms with Crippen molar-refractivity contribution in [1.29, 1.82) is 0 Å².